The average molecular weight is 2280 g/mol. The van der Waals surface area contributed by atoms with Crippen molar-refractivity contribution in [3.8, 4) is 0 Å². The van der Waals surface area contributed by atoms with E-state index in [0.717, 1.165) is 0 Å². The van der Waals surface area contributed by atoms with E-state index >= 15 is 0 Å². The molecule has 0 radical (unpaired) electrons. The van der Waals surface area contributed by atoms with Crippen LogP contribution in [0.15, 0.2) is 0 Å². The van der Waals surface area contributed by atoms with Crippen LogP contribution in [0.1, 0.15) is 96.9 Å². The van der Waals surface area contributed by atoms with E-state index in [-0.39, 0.29) is 0 Å². The van der Waals surface area contributed by atoms with Crippen LogP contribution in [0.5, 0.6) is 0 Å². The number of carbonyl (C=O) groups is 14. The summed E-state index contributed by atoms with van der Waals surface area (Å²) in [4.78, 5) is 194. The van der Waals surface area contributed by atoms with Crippen LogP contribution in [0, 0.1) is 0 Å². The normalized spacial score (nSPS) is 34.7. The molecule has 0 aromatic rings. The molecule has 21 aliphatic rings. The third kappa shape index (κ3) is 37.9. The molecule has 14 bridgehead atoms. The summed E-state index contributed by atoms with van der Waals surface area (Å²) < 4.78 is 452. The second kappa shape index (κ2) is 51.5. The number of hydrogen-bond donors (Lipinski definition) is 7. The number of hydrogen-bond acceptors (Lipinski definition) is 63. The minimum Gasteiger partial charge on any atom is -0.455 e. The van der Waals surface area contributed by atoms with E-state index in [0.29, 0.717) is 96.9 Å². The first-order valence-corrected chi connectivity index (χ1v) is 51.2. The van der Waals surface area contributed by atoms with Crippen LogP contribution in [0.2, 0.25) is 0 Å². The number of rotatable bonds is 35. The maximum atomic E-state index is 13.9. The number of ether oxygens (including phenoxy) is 28. The molecule has 840 valence electrons. The Balaban J connectivity index is 1.56. The zero-order chi connectivity index (χ0) is 110. The van der Waals surface area contributed by atoms with Gasteiger partial charge in [0.15, 0.2) is 129 Å². The monoisotopic (exact) mass is 2280 g/mol. The molecular formula is C70H98O70S7. The van der Waals surface area contributed by atoms with Gasteiger partial charge < -0.3 is 133 Å². The maximum Gasteiger partial charge on any atom is 0.397 e. The molecule has 21 saturated heterocycles. The highest BCUT2D eigenvalue weighted by molar-refractivity contribution is 7.82. The zero-order valence-corrected chi connectivity index (χ0v) is 83.6. The SMILES string of the molecule is CC(=O)O[C@@H]1[C@H]2O[C@H]3O[C@@H](COS(=O)(=O)O)[C@H](O[C@H]4O[C@@H](COS(=O)(=O)O)[C@H](O[C@H]5O[C@@H](COS(=O)(=O)O)[C@H](O[C@H]6O[C@@H](COS(=O)(=O)O)[C@H](O[C@H]7O[C@@H](COS(=O)(=O)O)[C@H](O[C@H]8O[C@@H](COS(=O)(=O)O)[C@H](O[C@@H](O[C@H]2COS(=O)(=O)O)[C@@H]1OC(C)=O)[C@@H](OC(C)=O)[C@@H]8OC(C)=O)[C@@H](OC(C)=O)[C@@H]7OC(C)=O)[C@@H](OC(C)=O)[C@@H]6OC(C)=O)[C@@H](OC(C)=O)[C@@H]5OC(C)=O)[C@@H](OC(C)=O)[C@@H]4OC(C)=O)[C@@H](OC(C)=O)[C@@H]3OC(C)=O. The van der Waals surface area contributed by atoms with Gasteiger partial charge in [-0.1, -0.05) is 0 Å². The molecular weight excluding hydrogens is 2190 g/mol. The van der Waals surface area contributed by atoms with Crippen LogP contribution in [0.4, 0.5) is 0 Å². The summed E-state index contributed by atoms with van der Waals surface area (Å²) in [6.07, 6.45) is -99.6. The molecule has 21 aliphatic heterocycles. The molecule has 0 aliphatic carbocycles. The van der Waals surface area contributed by atoms with Crippen molar-refractivity contribution >= 4 is 156 Å². The second-order valence-electron chi connectivity index (χ2n) is 31.5. The lowest BCUT2D eigenvalue weighted by Crippen LogP contribution is -2.70. The average Bonchev–Trinajstić information content (AvgIpc) is 0.850. The fourth-order valence-corrected chi connectivity index (χ4v) is 17.8. The fraction of sp³-hybridized carbons (Fsp3) is 0.800. The number of esters is 14. The second-order valence-corrected chi connectivity index (χ2v) is 39.2. The predicted octanol–water partition coefficient (Wildman–Crippen LogP) is -8.45. The van der Waals surface area contributed by atoms with Gasteiger partial charge in [0.05, 0.1) is 46.2 Å². The van der Waals surface area contributed by atoms with Crippen molar-refractivity contribution in [2.24, 2.45) is 0 Å². The van der Waals surface area contributed by atoms with Crippen molar-refractivity contribution in [3.63, 3.8) is 0 Å². The Hall–Kier alpha value is -8.89. The molecule has 7 N–H and O–H groups in total. The summed E-state index contributed by atoms with van der Waals surface area (Å²) in [5.74, 6) is -22.6. The molecule has 0 unspecified atom stereocenters. The summed E-state index contributed by atoms with van der Waals surface area (Å²) in [5.41, 5.74) is 0. The highest BCUT2D eigenvalue weighted by atomic mass is 32.3. The summed E-state index contributed by atoms with van der Waals surface area (Å²) in [7, 11) is -42.0. The van der Waals surface area contributed by atoms with Gasteiger partial charge in [0.2, 0.25) is 0 Å². The van der Waals surface area contributed by atoms with Gasteiger partial charge in [-0.2, -0.15) is 58.9 Å². The van der Waals surface area contributed by atoms with Crippen LogP contribution in [0.25, 0.3) is 0 Å². The molecule has 70 nitrogen and oxygen atoms in total. The van der Waals surface area contributed by atoms with E-state index in [9.17, 15) is 158 Å². The lowest BCUT2D eigenvalue weighted by Gasteiger charge is -2.52. The third-order valence-corrected chi connectivity index (χ3v) is 23.1. The van der Waals surface area contributed by atoms with Crippen LogP contribution >= 0.6 is 0 Å². The van der Waals surface area contributed by atoms with Gasteiger partial charge in [0, 0.05) is 96.9 Å². The van der Waals surface area contributed by atoms with Gasteiger partial charge in [-0.25, -0.2) is 29.3 Å². The molecule has 77 heteroatoms. The molecule has 35 atom stereocenters. The van der Waals surface area contributed by atoms with E-state index < -0.39 is 418 Å². The smallest absolute Gasteiger partial charge is 0.397 e. The Morgan fingerprint density at radius 3 is 0.313 bits per heavy atom. The van der Waals surface area contributed by atoms with E-state index in [4.69, 9.17) is 162 Å². The molecule has 0 aromatic heterocycles. The fourth-order valence-electron chi connectivity index (χ4n) is 15.7. The van der Waals surface area contributed by atoms with Crippen molar-refractivity contribution in [1.82, 2.24) is 0 Å². The summed E-state index contributed by atoms with van der Waals surface area (Å²) in [6, 6.07) is 0. The van der Waals surface area contributed by atoms with Crippen molar-refractivity contribution in [1.29, 1.82) is 0 Å². The van der Waals surface area contributed by atoms with Crippen molar-refractivity contribution in [3.05, 3.63) is 0 Å². The standard InChI is InChI=1S/C70H98O70S7/c1-22(71)113-50-43-36(15-106-141(85,86)87)127-64(57(50)120-29(8)78)135-44-37(16-107-142(88,89)90)129-66(59(122-31(10)80)51(44)114-23(2)72)137-46-39(18-109-144(94,95)96)131-68(61(124-33(12)82)53(46)116-25(4)74)139-48-41(20-111-146(100,101)102)133-70(63(126-35(14)84)55(48)118-27(6)76)140-49-42(21-112-147(103,104)105)132-69(62(125-34(13)83)56(49)119-28(7)77)138-47-40(19-110-145(97,98)99)130-67(60(123-32(11)81)54(47)117-26(5)75)136-45-38(17-108-143(91,92)93)128-65(134-43)58(121-30(9)79)52(45)115-24(3)73/h36-70H,15-21H2,1-14H3,(H,85,86,87)(H,88,89,90)(H,91,92,93)(H,94,95,96)(H,97,98,99)(H,100,101,102)(H,103,104,105)/t36-,37-,38-,39-,40-,41-,42-,43-,44-,45-,46-,47-,48-,49-,50+,51+,52+,53+,54+,55+,56+,57-,58-,59-,60-,61-,62-,63+,64+,65+,66+,67+,68+,69+,70+/m0/s1. The Labute approximate surface area is 830 Å². The quantitative estimate of drug-likeness (QED) is 0.0176. The molecule has 21 rings (SSSR count). The molecule has 147 heavy (non-hydrogen) atoms. The molecule has 21 fully saturated rings. The van der Waals surface area contributed by atoms with Crippen LogP contribution in [-0.2, 0) is 302 Å². The van der Waals surface area contributed by atoms with Crippen LogP contribution in [-0.4, -0.2) is 436 Å². The Morgan fingerprint density at radius 1 is 0.156 bits per heavy atom. The first-order valence-electron chi connectivity index (χ1n) is 41.6. The van der Waals surface area contributed by atoms with Crippen molar-refractivity contribution in [2.45, 2.75) is 312 Å². The van der Waals surface area contributed by atoms with E-state index in [1.54, 1.807) is 0 Å². The van der Waals surface area contributed by atoms with Gasteiger partial charge in [0.1, 0.15) is 85.5 Å². The lowest BCUT2D eigenvalue weighted by molar-refractivity contribution is -0.396. The Bertz CT molecular complexity index is 4640. The summed E-state index contributed by atoms with van der Waals surface area (Å²) in [5, 5.41) is 0. The minimum absolute atomic E-state index is 0.538. The highest BCUT2D eigenvalue weighted by Crippen LogP contribution is 2.46. The first kappa shape index (κ1) is 123. The molecule has 0 aromatic carbocycles. The lowest BCUT2D eigenvalue weighted by atomic mass is 9.94. The molecule has 0 amide bonds. The third-order valence-electron chi connectivity index (χ3n) is 20.1. The van der Waals surface area contributed by atoms with Crippen molar-refractivity contribution in [2.75, 3.05) is 46.2 Å². The van der Waals surface area contributed by atoms with E-state index in [2.05, 4.69) is 0 Å². The van der Waals surface area contributed by atoms with Crippen LogP contribution in [0.3, 0.4) is 0 Å². The van der Waals surface area contributed by atoms with Gasteiger partial charge >= 0.3 is 156 Å². The van der Waals surface area contributed by atoms with Crippen LogP contribution < -0.4 is 0 Å². The van der Waals surface area contributed by atoms with Gasteiger partial charge in [-0.15, -0.1) is 0 Å². The Kier molecular flexibility index (Phi) is 43.2. The zero-order valence-electron chi connectivity index (χ0n) is 77.9. The topological polar surface area (TPSA) is 943 Å². The van der Waals surface area contributed by atoms with E-state index in [1.807, 2.05) is 0 Å². The van der Waals surface area contributed by atoms with Gasteiger partial charge in [-0.3, -0.25) is 99.0 Å². The Morgan fingerprint density at radius 2 is 0.238 bits per heavy atom. The van der Waals surface area contributed by atoms with Gasteiger partial charge in [-0.05, 0) is 0 Å². The molecule has 0 spiro atoms. The highest BCUT2D eigenvalue weighted by Gasteiger charge is 2.67. The molecule has 21 heterocycles. The maximum absolute atomic E-state index is 13.9. The summed E-state index contributed by atoms with van der Waals surface area (Å²) >= 11 is 0. The largest absolute Gasteiger partial charge is 0.455 e. The number of carbonyl (C=O) groups excluding carboxylic acids is 14. The molecule has 0 saturated carbocycles. The van der Waals surface area contributed by atoms with Crippen molar-refractivity contribution < 1.29 is 320 Å². The predicted molar refractivity (Wildman–Crippen MR) is 435 cm³/mol. The van der Waals surface area contributed by atoms with E-state index in [1.165, 1.54) is 0 Å². The minimum atomic E-state index is -5.99. The summed E-state index contributed by atoms with van der Waals surface area (Å²) in [6.45, 7) is -5.59. The van der Waals surface area contributed by atoms with Gasteiger partial charge in [0.25, 0.3) is 0 Å². The first-order chi connectivity index (χ1) is 67.7.